The minimum absolute atomic E-state index is 0.0186. The van der Waals surface area contributed by atoms with Crippen molar-refractivity contribution in [2.45, 2.75) is 38.7 Å². The molecule has 0 fully saturated rings. The molecule has 1 aromatic rings. The summed E-state index contributed by atoms with van der Waals surface area (Å²) in [5.41, 5.74) is -0.0372. The summed E-state index contributed by atoms with van der Waals surface area (Å²) < 4.78 is 8.60. The molecular formula is C25H36O16. The van der Waals surface area contributed by atoms with Crippen molar-refractivity contribution in [2.24, 2.45) is 0 Å². The summed E-state index contributed by atoms with van der Waals surface area (Å²) in [6.07, 6.45) is 2.63. The van der Waals surface area contributed by atoms with Crippen LogP contribution in [0.25, 0.3) is 0 Å². The lowest BCUT2D eigenvalue weighted by atomic mass is 10.1. The Hall–Kier alpha value is -4.22. The monoisotopic (exact) mass is 592 g/mol. The average molecular weight is 593 g/mol. The third kappa shape index (κ3) is 31.9. The number of rotatable bonds is 12. The normalized spacial score (nSPS) is 11.4. The summed E-state index contributed by atoms with van der Waals surface area (Å²) in [5.74, 6) is -5.15. The fraction of sp³-hybridized carbons (Fsp3) is 0.440. The van der Waals surface area contributed by atoms with E-state index >= 15 is 0 Å². The van der Waals surface area contributed by atoms with Gasteiger partial charge >= 0.3 is 35.8 Å². The minimum atomic E-state index is -1.13. The number of unbranched alkanes of at least 4 members (excludes halogenated alkanes) is 1. The molecule has 0 aliphatic carbocycles. The molecule has 0 spiro atoms. The molecule has 2 rings (SSSR count). The number of ether oxygens (including phenoxy) is 2. The largest absolute Gasteiger partial charge is 0.481 e. The third-order valence-electron chi connectivity index (χ3n) is 3.68. The van der Waals surface area contributed by atoms with Crippen molar-refractivity contribution >= 4 is 35.8 Å². The summed E-state index contributed by atoms with van der Waals surface area (Å²) in [4.78, 5) is 60.4. The molecule has 8 N–H and O–H groups in total. The fourth-order valence-corrected chi connectivity index (χ4v) is 1.87. The molecule has 0 saturated heterocycles. The third-order valence-corrected chi connectivity index (χ3v) is 3.68. The van der Waals surface area contributed by atoms with Gasteiger partial charge < -0.3 is 50.3 Å². The van der Waals surface area contributed by atoms with E-state index in [1.165, 1.54) is 25.1 Å². The standard InChI is InChI=1S/C8H6O4.C6H10O4.C4H2O3.C4H10O3.C3H8O2/c9-7(10)5-2-1-3-6(4-5)8(11)12;7-5(8)3-1-2-4-6(9)10;5-3-1-2-4(6)7-3;5-1-3-7-4-2-6;1-3(5)2-4/h1-4H,(H,9,10)(H,11,12);1-4H2,(H,7,8)(H,9,10);1-2H;5-6H,1-4H2;3-5H,2H2,1H3. The summed E-state index contributed by atoms with van der Waals surface area (Å²) in [5, 5.41) is 65.4. The number of aromatic carboxylic acids is 2. The smallest absolute Gasteiger partial charge is 0.338 e. The number of hydrogen-bond donors (Lipinski definition) is 8. The highest BCUT2D eigenvalue weighted by Crippen LogP contribution is 2.04. The van der Waals surface area contributed by atoms with Crippen molar-refractivity contribution in [3.8, 4) is 0 Å². The van der Waals surface area contributed by atoms with Crippen molar-refractivity contribution in [1.82, 2.24) is 0 Å². The van der Waals surface area contributed by atoms with E-state index in [-0.39, 0.29) is 43.8 Å². The predicted molar refractivity (Wildman–Crippen MR) is 138 cm³/mol. The van der Waals surface area contributed by atoms with Crippen LogP contribution in [0.5, 0.6) is 0 Å². The molecule has 0 amide bonds. The molecule has 1 atom stereocenters. The lowest BCUT2D eigenvalue weighted by Gasteiger charge is -1.95. The molecule has 1 heterocycles. The number of cyclic esters (lactones) is 2. The fourth-order valence-electron chi connectivity index (χ4n) is 1.87. The van der Waals surface area contributed by atoms with Gasteiger partial charge in [0.2, 0.25) is 0 Å². The number of carboxylic acids is 4. The quantitative estimate of drug-likeness (QED) is 0.0883. The lowest BCUT2D eigenvalue weighted by molar-refractivity contribution is -0.150. The SMILES string of the molecule is CC(O)CO.O=C(O)CCCCC(=O)O.O=C(O)c1cccc(C(=O)O)c1.O=C1C=CC(=O)O1.OCCOCCO. The lowest BCUT2D eigenvalue weighted by Crippen LogP contribution is -2.03. The van der Waals surface area contributed by atoms with Gasteiger partial charge in [0.15, 0.2) is 0 Å². The molecule has 41 heavy (non-hydrogen) atoms. The maximum absolute atomic E-state index is 10.4. The minimum Gasteiger partial charge on any atom is -0.481 e. The second-order valence-electron chi connectivity index (χ2n) is 7.35. The number of carbonyl (C=O) groups excluding carboxylic acids is 2. The van der Waals surface area contributed by atoms with E-state index in [0.717, 1.165) is 18.2 Å². The molecule has 16 heteroatoms. The highest BCUT2D eigenvalue weighted by atomic mass is 16.6. The molecule has 1 aliphatic heterocycles. The van der Waals surface area contributed by atoms with Gasteiger partial charge in [0.1, 0.15) is 0 Å². The van der Waals surface area contributed by atoms with Crippen LogP contribution in [0.4, 0.5) is 0 Å². The van der Waals surface area contributed by atoms with Gasteiger partial charge in [-0.3, -0.25) is 9.59 Å². The van der Waals surface area contributed by atoms with Crippen molar-refractivity contribution in [1.29, 1.82) is 0 Å². The summed E-state index contributed by atoms with van der Waals surface area (Å²) >= 11 is 0. The molecule has 0 radical (unpaired) electrons. The highest BCUT2D eigenvalue weighted by molar-refractivity contribution is 6.04. The highest BCUT2D eigenvalue weighted by Gasteiger charge is 2.10. The van der Waals surface area contributed by atoms with Gasteiger partial charge in [0.05, 0.1) is 50.3 Å². The van der Waals surface area contributed by atoms with E-state index in [1.54, 1.807) is 0 Å². The molecule has 1 aromatic carbocycles. The van der Waals surface area contributed by atoms with Crippen molar-refractivity contribution < 1.29 is 79.1 Å². The zero-order chi connectivity index (χ0) is 32.2. The number of aliphatic hydroxyl groups excluding tert-OH is 4. The number of benzene rings is 1. The van der Waals surface area contributed by atoms with Crippen LogP contribution in [0.15, 0.2) is 36.4 Å². The molecule has 1 aliphatic rings. The van der Waals surface area contributed by atoms with Crippen molar-refractivity contribution in [2.75, 3.05) is 33.0 Å². The summed E-state index contributed by atoms with van der Waals surface area (Å²) in [6.45, 7) is 2.08. The van der Waals surface area contributed by atoms with E-state index in [0.29, 0.717) is 26.1 Å². The van der Waals surface area contributed by atoms with E-state index in [4.69, 9.17) is 40.9 Å². The van der Waals surface area contributed by atoms with Gasteiger partial charge in [-0.25, -0.2) is 19.2 Å². The first-order chi connectivity index (χ1) is 19.2. The first kappa shape index (κ1) is 41.3. The number of esters is 2. The molecule has 232 valence electrons. The summed E-state index contributed by atoms with van der Waals surface area (Å²) in [7, 11) is 0. The Balaban J connectivity index is -0.000000455. The van der Waals surface area contributed by atoms with E-state index in [1.807, 2.05) is 0 Å². The zero-order valence-corrected chi connectivity index (χ0v) is 22.2. The van der Waals surface area contributed by atoms with Gasteiger partial charge in [0.25, 0.3) is 0 Å². The average Bonchev–Trinajstić information content (AvgIpc) is 3.30. The second kappa shape index (κ2) is 27.4. The molecule has 0 bridgehead atoms. The molecular weight excluding hydrogens is 556 g/mol. The topological polar surface area (TPSA) is 283 Å². The van der Waals surface area contributed by atoms with Crippen LogP contribution in [0.1, 0.15) is 53.3 Å². The van der Waals surface area contributed by atoms with E-state index in [9.17, 15) is 28.8 Å². The maximum atomic E-state index is 10.4. The van der Waals surface area contributed by atoms with Gasteiger partial charge in [-0.15, -0.1) is 0 Å². The molecule has 0 saturated carbocycles. The van der Waals surface area contributed by atoms with Crippen LogP contribution in [0, 0.1) is 0 Å². The van der Waals surface area contributed by atoms with Gasteiger partial charge in [0, 0.05) is 25.0 Å². The Morgan fingerprint density at radius 2 is 1.15 bits per heavy atom. The Bertz CT molecular complexity index is 889. The van der Waals surface area contributed by atoms with Crippen LogP contribution in [-0.2, 0) is 28.7 Å². The Labute approximate surface area is 234 Å². The number of aliphatic hydroxyl groups is 4. The van der Waals surface area contributed by atoms with Gasteiger partial charge in [-0.05, 0) is 38.0 Å². The molecule has 16 nitrogen and oxygen atoms in total. The Kier molecular flexibility index (Phi) is 27.5. The number of aliphatic carboxylic acids is 2. The van der Waals surface area contributed by atoms with Gasteiger partial charge in [-0.1, -0.05) is 6.07 Å². The first-order valence-electron chi connectivity index (χ1n) is 11.7. The van der Waals surface area contributed by atoms with Crippen LogP contribution in [0.3, 0.4) is 0 Å². The van der Waals surface area contributed by atoms with Crippen LogP contribution in [0.2, 0.25) is 0 Å². The second-order valence-corrected chi connectivity index (χ2v) is 7.35. The van der Waals surface area contributed by atoms with Crippen molar-refractivity contribution in [3.05, 3.63) is 47.5 Å². The maximum Gasteiger partial charge on any atom is 0.338 e. The van der Waals surface area contributed by atoms with Crippen LogP contribution in [-0.4, -0.2) is 116 Å². The van der Waals surface area contributed by atoms with Crippen LogP contribution >= 0.6 is 0 Å². The summed E-state index contributed by atoms with van der Waals surface area (Å²) in [6, 6.07) is 5.20. The Morgan fingerprint density at radius 1 is 0.780 bits per heavy atom. The molecule has 0 aromatic heterocycles. The number of hydrogen-bond acceptors (Lipinski definition) is 12. The van der Waals surface area contributed by atoms with E-state index < -0.39 is 41.9 Å². The first-order valence-corrected chi connectivity index (χ1v) is 11.7. The van der Waals surface area contributed by atoms with E-state index in [2.05, 4.69) is 9.47 Å². The van der Waals surface area contributed by atoms with Crippen molar-refractivity contribution in [3.63, 3.8) is 0 Å². The Morgan fingerprint density at radius 3 is 1.37 bits per heavy atom. The zero-order valence-electron chi connectivity index (χ0n) is 22.2. The number of carboxylic acid groups (broad SMARTS) is 4. The van der Waals surface area contributed by atoms with Crippen LogP contribution < -0.4 is 0 Å². The predicted octanol–water partition coefficient (Wildman–Crippen LogP) is -0.228. The molecule has 1 unspecified atom stereocenters. The van der Waals surface area contributed by atoms with Gasteiger partial charge in [-0.2, -0.15) is 0 Å². The number of carbonyl (C=O) groups is 6.